The van der Waals surface area contributed by atoms with Crippen molar-refractivity contribution in [2.75, 3.05) is 21.1 Å². The van der Waals surface area contributed by atoms with Gasteiger partial charge in [-0.1, -0.05) is 25.2 Å². The molecule has 0 spiro atoms. The number of rotatable bonds is 4. The number of quaternary nitrogens is 1. The quantitative estimate of drug-likeness (QED) is 0.460. The van der Waals surface area contributed by atoms with Crippen LogP contribution in [0, 0.1) is 0 Å². The van der Waals surface area contributed by atoms with E-state index in [9.17, 15) is 0 Å². The molecule has 0 aromatic carbocycles. The van der Waals surface area contributed by atoms with Gasteiger partial charge >= 0.3 is 0 Å². The number of hydrogen-bond acceptors (Lipinski definition) is 0. The Balaban J connectivity index is 4.66. The fraction of sp³-hybridized carbons (Fsp3) is 0.500. The number of likely N-dealkylation sites (N-methyl/N-ethyl adjacent to an activating group) is 1. The van der Waals surface area contributed by atoms with Crippen LogP contribution in [0.25, 0.3) is 0 Å². The zero-order valence-electron chi connectivity index (χ0n) is 9.54. The second-order valence-electron chi connectivity index (χ2n) is 3.94. The van der Waals surface area contributed by atoms with E-state index >= 15 is 0 Å². The molecule has 0 aromatic heterocycles. The molecule has 0 N–H and O–H groups in total. The fourth-order valence-electron chi connectivity index (χ4n) is 0.936. The van der Waals surface area contributed by atoms with Crippen LogP contribution >= 0.6 is 0 Å². The Bertz CT molecular complexity index is 214. The van der Waals surface area contributed by atoms with Crippen molar-refractivity contribution in [3.63, 3.8) is 0 Å². The predicted molar refractivity (Wildman–Crippen MR) is 60.4 cm³/mol. The Morgan fingerprint density at radius 3 is 2.23 bits per heavy atom. The molecule has 0 saturated heterocycles. The molecule has 0 saturated carbocycles. The molecule has 0 rings (SSSR count). The molecular formula is C12H22N+. The highest BCUT2D eigenvalue weighted by Crippen LogP contribution is 2.09. The van der Waals surface area contributed by atoms with Gasteiger partial charge in [-0.05, 0) is 25.5 Å². The van der Waals surface area contributed by atoms with Crippen LogP contribution in [0.1, 0.15) is 20.3 Å². The molecule has 0 radical (unpaired) electrons. The molecule has 13 heavy (non-hydrogen) atoms. The smallest absolute Gasteiger partial charge is 0.131 e. The summed E-state index contributed by atoms with van der Waals surface area (Å²) in [6.07, 6.45) is 11.8. The standard InChI is InChI=1S/C12H22N/c1-6-8-10-12(11-9-7-2)13(3,4)5/h6,8-11H,7H2,1-5H3/q+1/b8-6-,11-9-,12-10+. The SMILES string of the molecule is C\C=C/C=C(\C=C/CC)[N+](C)(C)C. The monoisotopic (exact) mass is 180 g/mol. The molecule has 0 aliphatic heterocycles. The van der Waals surface area contributed by atoms with Crippen LogP contribution in [0.2, 0.25) is 0 Å². The molecule has 0 fully saturated rings. The van der Waals surface area contributed by atoms with E-state index in [2.05, 4.69) is 58.4 Å². The van der Waals surface area contributed by atoms with Gasteiger partial charge in [-0.3, -0.25) is 4.48 Å². The molecule has 0 aliphatic carbocycles. The Kier molecular flexibility index (Phi) is 5.40. The lowest BCUT2D eigenvalue weighted by atomic mass is 10.2. The van der Waals surface area contributed by atoms with Crippen molar-refractivity contribution < 1.29 is 4.48 Å². The van der Waals surface area contributed by atoms with Gasteiger partial charge in [0.2, 0.25) is 0 Å². The van der Waals surface area contributed by atoms with Gasteiger partial charge in [0.25, 0.3) is 0 Å². The molecule has 1 heteroatoms. The lowest BCUT2D eigenvalue weighted by Gasteiger charge is -2.24. The van der Waals surface area contributed by atoms with Gasteiger partial charge in [-0.25, -0.2) is 0 Å². The molecule has 0 aliphatic rings. The van der Waals surface area contributed by atoms with Crippen LogP contribution < -0.4 is 0 Å². The van der Waals surface area contributed by atoms with Crippen LogP contribution in [0.4, 0.5) is 0 Å². The maximum absolute atomic E-state index is 2.19. The second kappa shape index (κ2) is 5.76. The van der Waals surface area contributed by atoms with Crippen molar-refractivity contribution in [3.8, 4) is 0 Å². The molecule has 0 aromatic rings. The lowest BCUT2D eigenvalue weighted by Crippen LogP contribution is -2.32. The molecule has 0 amide bonds. The predicted octanol–water partition coefficient (Wildman–Crippen LogP) is 3.12. The molecular weight excluding hydrogens is 158 g/mol. The molecule has 0 unspecified atom stereocenters. The summed E-state index contributed by atoms with van der Waals surface area (Å²) in [5.41, 5.74) is 1.32. The average Bonchev–Trinajstić information content (AvgIpc) is 2.02. The molecule has 0 atom stereocenters. The third-order valence-corrected chi connectivity index (χ3v) is 1.76. The van der Waals surface area contributed by atoms with Crippen LogP contribution in [-0.2, 0) is 0 Å². The summed E-state index contributed by atoms with van der Waals surface area (Å²) >= 11 is 0. The largest absolute Gasteiger partial charge is 0.298 e. The van der Waals surface area contributed by atoms with Gasteiger partial charge in [-0.2, -0.15) is 0 Å². The molecule has 0 bridgehead atoms. The van der Waals surface area contributed by atoms with Crippen molar-refractivity contribution in [3.05, 3.63) is 36.1 Å². The van der Waals surface area contributed by atoms with Gasteiger partial charge in [0.05, 0.1) is 21.1 Å². The summed E-state index contributed by atoms with van der Waals surface area (Å²) in [5, 5.41) is 0. The minimum Gasteiger partial charge on any atom is -0.298 e. The summed E-state index contributed by atoms with van der Waals surface area (Å²) in [6, 6.07) is 0. The molecule has 1 nitrogen and oxygen atoms in total. The maximum Gasteiger partial charge on any atom is 0.131 e. The van der Waals surface area contributed by atoms with Crippen LogP contribution in [0.3, 0.4) is 0 Å². The summed E-state index contributed by atoms with van der Waals surface area (Å²) in [5.74, 6) is 0. The van der Waals surface area contributed by atoms with Gasteiger partial charge < -0.3 is 0 Å². The highest BCUT2D eigenvalue weighted by molar-refractivity contribution is 5.17. The van der Waals surface area contributed by atoms with Crippen molar-refractivity contribution >= 4 is 0 Å². The topological polar surface area (TPSA) is 0 Å². The first-order chi connectivity index (χ1) is 6.02. The van der Waals surface area contributed by atoms with Crippen LogP contribution in [-0.4, -0.2) is 25.6 Å². The van der Waals surface area contributed by atoms with Crippen molar-refractivity contribution in [1.82, 2.24) is 0 Å². The zero-order chi connectivity index (χ0) is 10.3. The Hall–Kier alpha value is -0.820. The van der Waals surface area contributed by atoms with E-state index in [-0.39, 0.29) is 0 Å². The highest BCUT2D eigenvalue weighted by atomic mass is 15.3. The van der Waals surface area contributed by atoms with Gasteiger partial charge in [0.15, 0.2) is 0 Å². The van der Waals surface area contributed by atoms with Crippen molar-refractivity contribution in [1.29, 1.82) is 0 Å². The summed E-state index contributed by atoms with van der Waals surface area (Å²) in [7, 11) is 6.53. The summed E-state index contributed by atoms with van der Waals surface area (Å²) in [6.45, 7) is 4.19. The zero-order valence-corrected chi connectivity index (χ0v) is 9.54. The van der Waals surface area contributed by atoms with E-state index in [1.54, 1.807) is 0 Å². The first kappa shape index (κ1) is 12.2. The molecule has 74 valence electrons. The fourth-order valence-corrected chi connectivity index (χ4v) is 0.936. The normalized spacial score (nSPS) is 14.7. The number of hydrogen-bond donors (Lipinski definition) is 0. The summed E-state index contributed by atoms with van der Waals surface area (Å²) in [4.78, 5) is 0. The Morgan fingerprint density at radius 2 is 1.85 bits per heavy atom. The minimum absolute atomic E-state index is 0.862. The van der Waals surface area contributed by atoms with E-state index in [0.717, 1.165) is 10.9 Å². The van der Waals surface area contributed by atoms with E-state index in [1.807, 2.05) is 6.92 Å². The first-order valence-corrected chi connectivity index (χ1v) is 4.84. The third kappa shape index (κ3) is 5.42. The van der Waals surface area contributed by atoms with Gasteiger partial charge in [0.1, 0.15) is 5.70 Å². The van der Waals surface area contributed by atoms with E-state index in [4.69, 9.17) is 0 Å². The van der Waals surface area contributed by atoms with E-state index in [1.165, 1.54) is 5.70 Å². The Labute approximate surface area is 82.7 Å². The van der Waals surface area contributed by atoms with Crippen molar-refractivity contribution in [2.24, 2.45) is 0 Å². The van der Waals surface area contributed by atoms with E-state index < -0.39 is 0 Å². The average molecular weight is 180 g/mol. The van der Waals surface area contributed by atoms with Gasteiger partial charge in [0, 0.05) is 0 Å². The highest BCUT2D eigenvalue weighted by Gasteiger charge is 2.10. The minimum atomic E-state index is 0.862. The van der Waals surface area contributed by atoms with Gasteiger partial charge in [-0.15, -0.1) is 0 Å². The van der Waals surface area contributed by atoms with E-state index in [0.29, 0.717) is 0 Å². The third-order valence-electron chi connectivity index (χ3n) is 1.76. The van der Waals surface area contributed by atoms with Crippen molar-refractivity contribution in [2.45, 2.75) is 20.3 Å². The maximum atomic E-state index is 2.19. The van der Waals surface area contributed by atoms with Crippen LogP contribution in [0.15, 0.2) is 36.1 Å². The Morgan fingerprint density at radius 1 is 1.23 bits per heavy atom. The summed E-state index contributed by atoms with van der Waals surface area (Å²) < 4.78 is 0.862. The first-order valence-electron chi connectivity index (χ1n) is 4.84. The number of allylic oxidation sites excluding steroid dienone is 5. The molecule has 0 heterocycles. The van der Waals surface area contributed by atoms with Crippen LogP contribution in [0.5, 0.6) is 0 Å². The lowest BCUT2D eigenvalue weighted by molar-refractivity contribution is -0.828. The second-order valence-corrected chi connectivity index (χ2v) is 3.94. The number of nitrogens with zero attached hydrogens (tertiary/aromatic N) is 1.